The fourth-order valence-electron chi connectivity index (χ4n) is 2.69. The van der Waals surface area contributed by atoms with Crippen LogP contribution < -0.4 is 15.4 Å². The molecule has 1 fully saturated rings. The number of hydrogen-bond donors (Lipinski definition) is 2. The predicted molar refractivity (Wildman–Crippen MR) is 81.2 cm³/mol. The average Bonchev–Trinajstić information content (AvgIpc) is 2.49. The first-order valence-corrected chi connectivity index (χ1v) is 7.33. The summed E-state index contributed by atoms with van der Waals surface area (Å²) in [4.78, 5) is 12.4. The molecule has 0 aromatic heterocycles. The molecule has 2 unspecified atom stereocenters. The second kappa shape index (κ2) is 6.75. The predicted octanol–water partition coefficient (Wildman–Crippen LogP) is 2.72. The first kappa shape index (κ1) is 14.9. The number of piperidine rings is 1. The van der Waals surface area contributed by atoms with Crippen molar-refractivity contribution in [2.75, 3.05) is 19.0 Å². The quantitative estimate of drug-likeness (QED) is 0.889. The Morgan fingerprint density at radius 2 is 2.30 bits per heavy atom. The maximum atomic E-state index is 12.4. The summed E-state index contributed by atoms with van der Waals surface area (Å²) in [6.07, 6.45) is 3.21. The Balaban J connectivity index is 2.04. The molecular weight excluding hydrogens is 252 g/mol. The van der Waals surface area contributed by atoms with Gasteiger partial charge in [0, 0.05) is 0 Å². The van der Waals surface area contributed by atoms with Gasteiger partial charge < -0.3 is 15.4 Å². The van der Waals surface area contributed by atoms with Gasteiger partial charge in [0.25, 0.3) is 0 Å². The van der Waals surface area contributed by atoms with Crippen LogP contribution in [0, 0.1) is 12.8 Å². The van der Waals surface area contributed by atoms with E-state index in [1.54, 1.807) is 7.11 Å². The number of aryl methyl sites for hydroxylation is 1. The van der Waals surface area contributed by atoms with Gasteiger partial charge in [-0.15, -0.1) is 0 Å². The van der Waals surface area contributed by atoms with Crippen LogP contribution in [0.5, 0.6) is 5.75 Å². The fourth-order valence-corrected chi connectivity index (χ4v) is 2.69. The number of methoxy groups -OCH3 is 1. The van der Waals surface area contributed by atoms with Gasteiger partial charge in [0.05, 0.1) is 18.8 Å². The molecule has 1 amide bonds. The van der Waals surface area contributed by atoms with Crippen LogP contribution in [-0.2, 0) is 4.79 Å². The molecule has 20 heavy (non-hydrogen) atoms. The minimum Gasteiger partial charge on any atom is -0.495 e. The van der Waals surface area contributed by atoms with Gasteiger partial charge in [0.1, 0.15) is 5.75 Å². The summed E-state index contributed by atoms with van der Waals surface area (Å²) in [5.74, 6) is 1.39. The highest BCUT2D eigenvalue weighted by molar-refractivity contribution is 5.96. The summed E-state index contributed by atoms with van der Waals surface area (Å²) >= 11 is 0. The van der Waals surface area contributed by atoms with Gasteiger partial charge in [-0.25, -0.2) is 0 Å². The normalized spacial score (nSPS) is 22.4. The van der Waals surface area contributed by atoms with Crippen LogP contribution in [0.4, 0.5) is 5.69 Å². The standard InChI is InChI=1S/C16H24N2O2/c1-4-12-7-8-17-14(10-12)16(19)18-13-6-5-11(2)9-15(13)20-3/h5-6,9,12,14,17H,4,7-8,10H2,1-3H3,(H,18,19). The minimum absolute atomic E-state index is 0.0327. The Morgan fingerprint density at radius 1 is 1.50 bits per heavy atom. The number of anilines is 1. The molecule has 1 aromatic rings. The van der Waals surface area contributed by atoms with Crippen molar-refractivity contribution in [2.45, 2.75) is 39.2 Å². The molecule has 0 aliphatic carbocycles. The van der Waals surface area contributed by atoms with E-state index in [-0.39, 0.29) is 11.9 Å². The number of hydrogen-bond acceptors (Lipinski definition) is 3. The van der Waals surface area contributed by atoms with E-state index in [2.05, 4.69) is 17.6 Å². The Bertz CT molecular complexity index is 474. The molecule has 0 saturated carbocycles. The second-order valence-corrected chi connectivity index (χ2v) is 5.50. The number of benzene rings is 1. The third kappa shape index (κ3) is 3.51. The summed E-state index contributed by atoms with van der Waals surface area (Å²) < 4.78 is 5.32. The Kier molecular flexibility index (Phi) is 5.01. The first-order chi connectivity index (χ1) is 9.63. The first-order valence-electron chi connectivity index (χ1n) is 7.33. The number of amides is 1. The van der Waals surface area contributed by atoms with Gasteiger partial charge in [-0.05, 0) is 49.9 Å². The van der Waals surface area contributed by atoms with Crippen LogP contribution in [0.25, 0.3) is 0 Å². The zero-order valence-electron chi connectivity index (χ0n) is 12.5. The van der Waals surface area contributed by atoms with Crippen LogP contribution in [0.2, 0.25) is 0 Å². The van der Waals surface area contributed by atoms with Gasteiger partial charge in [0.15, 0.2) is 0 Å². The molecule has 2 rings (SSSR count). The monoisotopic (exact) mass is 276 g/mol. The zero-order chi connectivity index (χ0) is 14.5. The van der Waals surface area contributed by atoms with Crippen molar-refractivity contribution < 1.29 is 9.53 Å². The Labute approximate surface area is 120 Å². The number of rotatable bonds is 4. The van der Waals surface area contributed by atoms with Gasteiger partial charge in [0.2, 0.25) is 5.91 Å². The molecule has 4 nitrogen and oxygen atoms in total. The van der Waals surface area contributed by atoms with Crippen LogP contribution in [0.1, 0.15) is 31.7 Å². The number of carbonyl (C=O) groups excluding carboxylic acids is 1. The Morgan fingerprint density at radius 3 is 3.00 bits per heavy atom. The fraction of sp³-hybridized carbons (Fsp3) is 0.562. The lowest BCUT2D eigenvalue weighted by Crippen LogP contribution is -2.46. The van der Waals surface area contributed by atoms with E-state index in [1.165, 1.54) is 0 Å². The van der Waals surface area contributed by atoms with Gasteiger partial charge in [-0.2, -0.15) is 0 Å². The van der Waals surface area contributed by atoms with E-state index in [4.69, 9.17) is 4.74 Å². The largest absolute Gasteiger partial charge is 0.495 e. The van der Waals surface area contributed by atoms with E-state index in [1.807, 2.05) is 25.1 Å². The van der Waals surface area contributed by atoms with Crippen molar-refractivity contribution in [3.8, 4) is 5.75 Å². The number of carbonyl (C=O) groups is 1. The molecule has 0 radical (unpaired) electrons. The maximum absolute atomic E-state index is 12.4. The molecule has 0 bridgehead atoms. The van der Waals surface area contributed by atoms with Crippen molar-refractivity contribution >= 4 is 11.6 Å². The van der Waals surface area contributed by atoms with Crippen molar-refractivity contribution in [3.63, 3.8) is 0 Å². The van der Waals surface area contributed by atoms with E-state index in [9.17, 15) is 4.79 Å². The lowest BCUT2D eigenvalue weighted by molar-refractivity contribution is -0.119. The van der Waals surface area contributed by atoms with Crippen LogP contribution >= 0.6 is 0 Å². The van der Waals surface area contributed by atoms with E-state index >= 15 is 0 Å². The topological polar surface area (TPSA) is 50.4 Å². The maximum Gasteiger partial charge on any atom is 0.241 e. The molecule has 0 spiro atoms. The highest BCUT2D eigenvalue weighted by Crippen LogP contribution is 2.26. The molecule has 110 valence electrons. The molecule has 2 N–H and O–H groups in total. The molecule has 1 aromatic carbocycles. The molecule has 1 heterocycles. The van der Waals surface area contributed by atoms with Crippen LogP contribution in [0.15, 0.2) is 18.2 Å². The summed E-state index contributed by atoms with van der Waals surface area (Å²) in [5, 5.41) is 6.28. The van der Waals surface area contributed by atoms with Crippen molar-refractivity contribution in [3.05, 3.63) is 23.8 Å². The van der Waals surface area contributed by atoms with Gasteiger partial charge >= 0.3 is 0 Å². The summed E-state index contributed by atoms with van der Waals surface area (Å²) in [7, 11) is 1.62. The number of ether oxygens (including phenoxy) is 1. The highest BCUT2D eigenvalue weighted by Gasteiger charge is 2.26. The SMILES string of the molecule is CCC1CCNC(C(=O)Nc2ccc(C)cc2OC)C1. The third-order valence-corrected chi connectivity index (χ3v) is 4.02. The second-order valence-electron chi connectivity index (χ2n) is 5.50. The van der Waals surface area contributed by atoms with Crippen molar-refractivity contribution in [1.29, 1.82) is 0 Å². The van der Waals surface area contributed by atoms with E-state index in [0.29, 0.717) is 11.7 Å². The Hall–Kier alpha value is -1.55. The molecule has 1 aliphatic heterocycles. The lowest BCUT2D eigenvalue weighted by Gasteiger charge is -2.29. The third-order valence-electron chi connectivity index (χ3n) is 4.02. The summed E-state index contributed by atoms with van der Waals surface area (Å²) in [6, 6.07) is 5.70. The van der Waals surface area contributed by atoms with Gasteiger partial charge in [-0.1, -0.05) is 19.4 Å². The van der Waals surface area contributed by atoms with Crippen LogP contribution in [0.3, 0.4) is 0 Å². The van der Waals surface area contributed by atoms with E-state index in [0.717, 1.165) is 37.1 Å². The molecule has 2 atom stereocenters. The molecule has 1 saturated heterocycles. The molecule has 4 heteroatoms. The van der Waals surface area contributed by atoms with Crippen molar-refractivity contribution in [1.82, 2.24) is 5.32 Å². The summed E-state index contributed by atoms with van der Waals surface area (Å²) in [5.41, 5.74) is 1.85. The zero-order valence-corrected chi connectivity index (χ0v) is 12.5. The smallest absolute Gasteiger partial charge is 0.241 e. The highest BCUT2D eigenvalue weighted by atomic mass is 16.5. The average molecular weight is 276 g/mol. The summed E-state index contributed by atoms with van der Waals surface area (Å²) in [6.45, 7) is 5.11. The minimum atomic E-state index is -0.0975. The van der Waals surface area contributed by atoms with E-state index < -0.39 is 0 Å². The van der Waals surface area contributed by atoms with Crippen LogP contribution in [-0.4, -0.2) is 25.6 Å². The van der Waals surface area contributed by atoms with Crippen molar-refractivity contribution in [2.24, 2.45) is 5.92 Å². The number of nitrogens with one attached hydrogen (secondary N) is 2. The molecular formula is C16H24N2O2. The van der Waals surface area contributed by atoms with Gasteiger partial charge in [-0.3, -0.25) is 4.79 Å². The lowest BCUT2D eigenvalue weighted by atomic mass is 9.90. The molecule has 1 aliphatic rings.